The van der Waals surface area contributed by atoms with Gasteiger partial charge in [0.25, 0.3) is 0 Å². The number of pyridine rings is 2. The van der Waals surface area contributed by atoms with Crippen molar-refractivity contribution < 1.29 is 10.2 Å². The quantitative estimate of drug-likeness (QED) is 0.367. The predicted molar refractivity (Wildman–Crippen MR) is 129 cm³/mol. The van der Waals surface area contributed by atoms with Crippen molar-refractivity contribution in [2.45, 2.75) is 37.9 Å². The highest BCUT2D eigenvalue weighted by Crippen LogP contribution is 2.52. The molecule has 4 aromatic rings. The minimum atomic E-state index is -0.745. The molecule has 0 saturated heterocycles. The standard InChI is InChI=1S/C26H28N4O2/c1-3-27-23-15-9-5-7-11-19(15)29-13-17(23)21-25(31)22(26(21)32)18-14-30-20-12-8-6-10-16(20)24(18)28-4-2/h5-14,21-22,25-26,31-32H,3-4H2,1-2H3,(H,27,29)(H,28,30). The SMILES string of the molecule is CCNc1c(C2C(O)C(c3cnc4ccccc4c3NCC)C2O)cnc2ccccc12. The van der Waals surface area contributed by atoms with Crippen molar-refractivity contribution in [1.29, 1.82) is 0 Å². The Hall–Kier alpha value is -3.22. The minimum absolute atomic E-state index is 0.424. The van der Waals surface area contributed by atoms with Gasteiger partial charge in [-0.05, 0) is 26.0 Å². The molecule has 6 heteroatoms. The average molecular weight is 429 g/mol. The van der Waals surface area contributed by atoms with Gasteiger partial charge in [-0.3, -0.25) is 9.97 Å². The summed E-state index contributed by atoms with van der Waals surface area (Å²) in [6, 6.07) is 15.9. The summed E-state index contributed by atoms with van der Waals surface area (Å²) in [6.07, 6.45) is 2.09. The summed E-state index contributed by atoms with van der Waals surface area (Å²) in [7, 11) is 0. The maximum absolute atomic E-state index is 11.3. The van der Waals surface area contributed by atoms with E-state index in [0.29, 0.717) is 0 Å². The van der Waals surface area contributed by atoms with E-state index in [2.05, 4.69) is 20.6 Å². The normalized spacial score (nSPS) is 22.6. The average Bonchev–Trinajstić information content (AvgIpc) is 2.82. The Labute approximate surface area is 187 Å². The van der Waals surface area contributed by atoms with Gasteiger partial charge in [0, 0.05) is 70.6 Å². The van der Waals surface area contributed by atoms with Crippen LogP contribution in [0.5, 0.6) is 0 Å². The fourth-order valence-electron chi connectivity index (χ4n) is 5.01. The largest absolute Gasteiger partial charge is 0.392 e. The van der Waals surface area contributed by atoms with Crippen LogP contribution in [0.25, 0.3) is 21.8 Å². The first-order chi connectivity index (χ1) is 15.7. The van der Waals surface area contributed by atoms with Gasteiger partial charge < -0.3 is 20.8 Å². The highest BCUT2D eigenvalue weighted by molar-refractivity contribution is 5.94. The first-order valence-electron chi connectivity index (χ1n) is 11.2. The molecule has 5 rings (SSSR count). The number of para-hydroxylation sites is 2. The summed E-state index contributed by atoms with van der Waals surface area (Å²) in [5.41, 5.74) is 5.34. The molecule has 164 valence electrons. The number of aliphatic hydroxyl groups is 2. The number of nitrogens with zero attached hydrogens (tertiary/aromatic N) is 2. The lowest BCUT2D eigenvalue weighted by atomic mass is 9.63. The third-order valence-corrected chi connectivity index (χ3v) is 6.51. The van der Waals surface area contributed by atoms with Crippen LogP contribution in [0.3, 0.4) is 0 Å². The van der Waals surface area contributed by atoms with Gasteiger partial charge in [-0.25, -0.2) is 0 Å². The number of hydrogen-bond donors (Lipinski definition) is 4. The van der Waals surface area contributed by atoms with Gasteiger partial charge in [0.15, 0.2) is 0 Å². The number of fused-ring (bicyclic) bond motifs is 2. The second-order valence-electron chi connectivity index (χ2n) is 8.30. The molecular weight excluding hydrogens is 400 g/mol. The van der Waals surface area contributed by atoms with Crippen molar-refractivity contribution in [2.75, 3.05) is 23.7 Å². The van der Waals surface area contributed by atoms with E-state index in [-0.39, 0.29) is 0 Å². The Morgan fingerprint density at radius 3 is 1.50 bits per heavy atom. The molecule has 0 atom stereocenters. The van der Waals surface area contributed by atoms with Crippen LogP contribution in [-0.2, 0) is 0 Å². The smallest absolute Gasteiger partial charge is 0.0730 e. The molecule has 0 unspecified atom stereocenters. The molecule has 1 fully saturated rings. The number of aromatic nitrogens is 2. The van der Waals surface area contributed by atoms with Gasteiger partial charge >= 0.3 is 0 Å². The van der Waals surface area contributed by atoms with E-state index < -0.39 is 24.0 Å². The molecule has 0 aliphatic heterocycles. The van der Waals surface area contributed by atoms with E-state index >= 15 is 0 Å². The highest BCUT2D eigenvalue weighted by Gasteiger charge is 2.52. The third-order valence-electron chi connectivity index (χ3n) is 6.51. The predicted octanol–water partition coefficient (Wildman–Crippen LogP) is 4.25. The number of nitrogens with one attached hydrogen (secondary N) is 2. The molecule has 4 N–H and O–H groups in total. The van der Waals surface area contributed by atoms with Crippen LogP contribution in [0.1, 0.15) is 36.8 Å². The van der Waals surface area contributed by atoms with Crippen molar-refractivity contribution >= 4 is 33.2 Å². The van der Waals surface area contributed by atoms with E-state index in [1.54, 1.807) is 12.4 Å². The fourth-order valence-corrected chi connectivity index (χ4v) is 5.01. The lowest BCUT2D eigenvalue weighted by Gasteiger charge is -2.47. The molecule has 0 radical (unpaired) electrons. The van der Waals surface area contributed by atoms with E-state index in [4.69, 9.17) is 0 Å². The summed E-state index contributed by atoms with van der Waals surface area (Å²) >= 11 is 0. The van der Waals surface area contributed by atoms with Crippen molar-refractivity contribution in [2.24, 2.45) is 0 Å². The van der Waals surface area contributed by atoms with Gasteiger partial charge in [-0.15, -0.1) is 0 Å². The minimum Gasteiger partial charge on any atom is -0.392 e. The van der Waals surface area contributed by atoms with Gasteiger partial charge in [-0.2, -0.15) is 0 Å². The topological polar surface area (TPSA) is 90.3 Å². The number of aliphatic hydroxyl groups excluding tert-OH is 2. The zero-order valence-corrected chi connectivity index (χ0v) is 18.3. The molecule has 1 aliphatic carbocycles. The molecule has 32 heavy (non-hydrogen) atoms. The lowest BCUT2D eigenvalue weighted by molar-refractivity contribution is -0.0782. The lowest BCUT2D eigenvalue weighted by Crippen LogP contribution is -2.52. The zero-order valence-electron chi connectivity index (χ0n) is 18.3. The van der Waals surface area contributed by atoms with Gasteiger partial charge in [0.2, 0.25) is 0 Å². The summed E-state index contributed by atoms with van der Waals surface area (Å²) in [4.78, 5) is 9.19. The van der Waals surface area contributed by atoms with Crippen molar-refractivity contribution in [3.05, 3.63) is 72.1 Å². The fraction of sp³-hybridized carbons (Fsp3) is 0.308. The molecule has 0 spiro atoms. The number of anilines is 2. The Balaban J connectivity index is 1.56. The molecule has 2 heterocycles. The summed E-state index contributed by atoms with van der Waals surface area (Å²) in [5, 5.41) is 31.5. The molecular formula is C26H28N4O2. The molecule has 1 aliphatic rings. The molecule has 1 saturated carbocycles. The maximum Gasteiger partial charge on any atom is 0.0730 e. The Morgan fingerprint density at radius 1 is 0.688 bits per heavy atom. The molecule has 0 bridgehead atoms. The molecule has 2 aromatic carbocycles. The summed E-state index contributed by atoms with van der Waals surface area (Å²) < 4.78 is 0. The summed E-state index contributed by atoms with van der Waals surface area (Å²) in [6.45, 7) is 5.56. The highest BCUT2D eigenvalue weighted by atomic mass is 16.3. The van der Waals surface area contributed by atoms with E-state index in [9.17, 15) is 10.2 Å². The molecule has 2 aromatic heterocycles. The van der Waals surface area contributed by atoms with E-state index in [0.717, 1.165) is 57.4 Å². The van der Waals surface area contributed by atoms with E-state index in [1.807, 2.05) is 62.4 Å². The first-order valence-corrected chi connectivity index (χ1v) is 11.2. The van der Waals surface area contributed by atoms with Crippen LogP contribution in [0.2, 0.25) is 0 Å². The van der Waals surface area contributed by atoms with Crippen LogP contribution in [0, 0.1) is 0 Å². The second-order valence-corrected chi connectivity index (χ2v) is 8.30. The van der Waals surface area contributed by atoms with Crippen LogP contribution >= 0.6 is 0 Å². The third kappa shape index (κ3) is 3.18. The molecule has 0 amide bonds. The first kappa shape index (κ1) is 20.7. The Morgan fingerprint density at radius 2 is 1.09 bits per heavy atom. The van der Waals surface area contributed by atoms with Crippen molar-refractivity contribution in [1.82, 2.24) is 9.97 Å². The molecule has 6 nitrogen and oxygen atoms in total. The van der Waals surface area contributed by atoms with Crippen molar-refractivity contribution in [3.8, 4) is 0 Å². The number of benzene rings is 2. The van der Waals surface area contributed by atoms with Crippen LogP contribution < -0.4 is 10.6 Å². The van der Waals surface area contributed by atoms with E-state index in [1.165, 1.54) is 0 Å². The van der Waals surface area contributed by atoms with Gasteiger partial charge in [0.05, 0.1) is 23.2 Å². The zero-order chi connectivity index (χ0) is 22.2. The van der Waals surface area contributed by atoms with Gasteiger partial charge in [0.1, 0.15) is 0 Å². The number of rotatable bonds is 6. The van der Waals surface area contributed by atoms with Crippen LogP contribution in [0.4, 0.5) is 11.4 Å². The Kier molecular flexibility index (Phi) is 5.41. The van der Waals surface area contributed by atoms with Crippen molar-refractivity contribution in [3.63, 3.8) is 0 Å². The van der Waals surface area contributed by atoms with Crippen LogP contribution in [0.15, 0.2) is 60.9 Å². The van der Waals surface area contributed by atoms with Gasteiger partial charge in [-0.1, -0.05) is 36.4 Å². The second kappa shape index (κ2) is 8.37. The van der Waals surface area contributed by atoms with Crippen LogP contribution in [-0.4, -0.2) is 45.5 Å². The maximum atomic E-state index is 11.3. The summed E-state index contributed by atoms with van der Waals surface area (Å²) in [5.74, 6) is -0.848. The monoisotopic (exact) mass is 428 g/mol. The number of hydrogen-bond acceptors (Lipinski definition) is 6. The Bertz CT molecular complexity index is 1170.